The van der Waals surface area contributed by atoms with Gasteiger partial charge in [-0.05, 0) is 36.3 Å². The van der Waals surface area contributed by atoms with Crippen molar-refractivity contribution in [2.75, 3.05) is 18.0 Å². The van der Waals surface area contributed by atoms with Gasteiger partial charge in [0.1, 0.15) is 0 Å². The summed E-state index contributed by atoms with van der Waals surface area (Å²) in [5.74, 6) is 1.90. The van der Waals surface area contributed by atoms with Gasteiger partial charge in [0.25, 0.3) is 0 Å². The van der Waals surface area contributed by atoms with Crippen molar-refractivity contribution < 1.29 is 0 Å². The highest BCUT2D eigenvalue weighted by Crippen LogP contribution is 2.11. The molecule has 6 heteroatoms. The Hall–Kier alpha value is -0.750. The summed E-state index contributed by atoms with van der Waals surface area (Å²) in [6, 6.07) is 0. The summed E-state index contributed by atoms with van der Waals surface area (Å²) >= 11 is 10.1. The van der Waals surface area contributed by atoms with Crippen LogP contribution in [0.25, 0.3) is 0 Å². The number of anilines is 1. The molecule has 0 bridgehead atoms. The van der Waals surface area contributed by atoms with E-state index in [0.29, 0.717) is 21.4 Å². The molecule has 17 heavy (non-hydrogen) atoms. The summed E-state index contributed by atoms with van der Waals surface area (Å²) < 4.78 is 0.957. The predicted molar refractivity (Wildman–Crippen MR) is 76.5 cm³/mol. The topological polar surface area (TPSA) is 47.7 Å². The van der Waals surface area contributed by atoms with Crippen LogP contribution in [0, 0.1) is 21.4 Å². The van der Waals surface area contributed by atoms with Crippen LogP contribution in [0.2, 0.25) is 0 Å². The standard InChI is InChI=1S/C11H20N4S2/c1-7(2)5-15(6-8(3)4)9-12-10(16)14-11(17)13-9/h7-8H,5-6H2,1-4H3,(H2,12,13,14,16,17). The number of rotatable bonds is 5. The Kier molecular flexibility index (Phi) is 5.27. The monoisotopic (exact) mass is 272 g/mol. The highest BCUT2D eigenvalue weighted by molar-refractivity contribution is 7.71. The van der Waals surface area contributed by atoms with Gasteiger partial charge < -0.3 is 14.9 Å². The van der Waals surface area contributed by atoms with Crippen LogP contribution in [-0.4, -0.2) is 28.0 Å². The maximum atomic E-state index is 5.09. The summed E-state index contributed by atoms with van der Waals surface area (Å²) in [6.45, 7) is 10.6. The molecule has 0 fully saturated rings. The summed E-state index contributed by atoms with van der Waals surface area (Å²) in [5, 5.41) is 0. The quantitative estimate of drug-likeness (QED) is 0.807. The molecule has 1 rings (SSSR count). The zero-order valence-corrected chi connectivity index (χ0v) is 12.4. The Labute approximate surface area is 112 Å². The average Bonchev–Trinajstić information content (AvgIpc) is 2.13. The van der Waals surface area contributed by atoms with Gasteiger partial charge in [0.05, 0.1) is 0 Å². The zero-order chi connectivity index (χ0) is 13.0. The van der Waals surface area contributed by atoms with Crippen molar-refractivity contribution >= 4 is 30.4 Å². The molecule has 0 unspecified atom stereocenters. The van der Waals surface area contributed by atoms with Gasteiger partial charge in [0, 0.05) is 13.1 Å². The minimum atomic E-state index is 0.432. The minimum absolute atomic E-state index is 0.432. The van der Waals surface area contributed by atoms with Crippen LogP contribution >= 0.6 is 24.4 Å². The summed E-state index contributed by atoms with van der Waals surface area (Å²) in [4.78, 5) is 12.4. The SMILES string of the molecule is CC(C)CN(CC(C)C)c1nc(=S)[nH]c(=S)[nH]1. The molecular weight excluding hydrogens is 252 g/mol. The third kappa shape index (κ3) is 4.95. The number of hydrogen-bond donors (Lipinski definition) is 2. The lowest BCUT2D eigenvalue weighted by Gasteiger charge is -2.26. The van der Waals surface area contributed by atoms with E-state index in [4.69, 9.17) is 24.4 Å². The van der Waals surface area contributed by atoms with E-state index in [-0.39, 0.29) is 0 Å². The lowest BCUT2D eigenvalue weighted by molar-refractivity contribution is 0.542. The van der Waals surface area contributed by atoms with E-state index in [1.54, 1.807) is 0 Å². The molecule has 0 radical (unpaired) electrons. The van der Waals surface area contributed by atoms with Gasteiger partial charge in [-0.1, -0.05) is 27.7 Å². The number of aromatic nitrogens is 3. The fraction of sp³-hybridized carbons (Fsp3) is 0.727. The maximum absolute atomic E-state index is 5.09. The van der Waals surface area contributed by atoms with Crippen molar-refractivity contribution in [3.05, 3.63) is 9.54 Å². The number of H-pyrrole nitrogens is 2. The number of nitrogens with one attached hydrogen (secondary N) is 2. The highest BCUT2D eigenvalue weighted by Gasteiger charge is 2.12. The van der Waals surface area contributed by atoms with E-state index in [2.05, 4.69) is 47.5 Å². The Bertz CT molecular complexity index is 423. The molecule has 1 heterocycles. The molecule has 2 N–H and O–H groups in total. The van der Waals surface area contributed by atoms with Crippen LogP contribution in [0.4, 0.5) is 5.95 Å². The Morgan fingerprint density at radius 2 is 1.59 bits per heavy atom. The first-order chi connectivity index (χ1) is 7.88. The lowest BCUT2D eigenvalue weighted by atomic mass is 10.1. The van der Waals surface area contributed by atoms with Crippen LogP contribution in [0.3, 0.4) is 0 Å². The van der Waals surface area contributed by atoms with Crippen LogP contribution in [0.5, 0.6) is 0 Å². The molecule has 1 aromatic heterocycles. The lowest BCUT2D eigenvalue weighted by Crippen LogP contribution is -2.33. The molecular formula is C11H20N4S2. The molecule has 0 aromatic carbocycles. The van der Waals surface area contributed by atoms with E-state index in [1.807, 2.05) is 0 Å². The van der Waals surface area contributed by atoms with Gasteiger partial charge in [-0.3, -0.25) is 0 Å². The molecule has 0 amide bonds. The molecule has 0 saturated carbocycles. The summed E-state index contributed by atoms with van der Waals surface area (Å²) in [6.07, 6.45) is 0. The molecule has 0 aliphatic rings. The van der Waals surface area contributed by atoms with Crippen LogP contribution < -0.4 is 4.90 Å². The predicted octanol–water partition coefficient (Wildman–Crippen LogP) is 3.32. The average molecular weight is 272 g/mol. The smallest absolute Gasteiger partial charge is 0.207 e. The van der Waals surface area contributed by atoms with Gasteiger partial charge in [-0.2, -0.15) is 4.98 Å². The molecule has 4 nitrogen and oxygen atoms in total. The summed E-state index contributed by atoms with van der Waals surface area (Å²) in [5.41, 5.74) is 0. The number of nitrogens with zero attached hydrogens (tertiary/aromatic N) is 2. The third-order valence-corrected chi connectivity index (χ3v) is 2.52. The van der Waals surface area contributed by atoms with Crippen molar-refractivity contribution in [1.82, 2.24) is 15.0 Å². The normalized spacial score (nSPS) is 11.2. The maximum Gasteiger partial charge on any atom is 0.207 e. The second kappa shape index (κ2) is 6.26. The Morgan fingerprint density at radius 3 is 2.00 bits per heavy atom. The zero-order valence-electron chi connectivity index (χ0n) is 10.8. The van der Waals surface area contributed by atoms with Gasteiger partial charge in [0.15, 0.2) is 4.77 Å². The first kappa shape index (κ1) is 14.3. The van der Waals surface area contributed by atoms with E-state index >= 15 is 0 Å². The number of aromatic amines is 2. The highest BCUT2D eigenvalue weighted by atomic mass is 32.1. The fourth-order valence-electron chi connectivity index (χ4n) is 1.66. The second-order valence-electron chi connectivity index (χ2n) is 5.01. The van der Waals surface area contributed by atoms with Crippen LogP contribution in [0.1, 0.15) is 27.7 Å². The van der Waals surface area contributed by atoms with Crippen molar-refractivity contribution in [2.45, 2.75) is 27.7 Å². The molecule has 1 aromatic rings. The molecule has 0 atom stereocenters. The molecule has 0 saturated heterocycles. The first-order valence-electron chi connectivity index (χ1n) is 5.84. The minimum Gasteiger partial charge on any atom is -0.342 e. The van der Waals surface area contributed by atoms with Gasteiger partial charge in [-0.15, -0.1) is 0 Å². The third-order valence-electron chi connectivity index (χ3n) is 2.12. The van der Waals surface area contributed by atoms with E-state index in [9.17, 15) is 0 Å². The fourth-order valence-corrected chi connectivity index (χ4v) is 2.10. The second-order valence-corrected chi connectivity index (χ2v) is 5.81. The van der Waals surface area contributed by atoms with Gasteiger partial charge >= 0.3 is 0 Å². The van der Waals surface area contributed by atoms with Crippen molar-refractivity contribution in [3.8, 4) is 0 Å². The summed E-state index contributed by atoms with van der Waals surface area (Å²) in [7, 11) is 0. The molecule has 0 aliphatic carbocycles. The first-order valence-corrected chi connectivity index (χ1v) is 6.65. The van der Waals surface area contributed by atoms with Crippen molar-refractivity contribution in [3.63, 3.8) is 0 Å². The van der Waals surface area contributed by atoms with Gasteiger partial charge in [0.2, 0.25) is 10.7 Å². The van der Waals surface area contributed by atoms with Gasteiger partial charge in [-0.25, -0.2) is 0 Å². The largest absolute Gasteiger partial charge is 0.342 e. The van der Waals surface area contributed by atoms with Crippen molar-refractivity contribution in [2.24, 2.45) is 11.8 Å². The molecule has 96 valence electrons. The van der Waals surface area contributed by atoms with Crippen LogP contribution in [-0.2, 0) is 0 Å². The molecule has 0 spiro atoms. The Balaban J connectivity index is 3.02. The number of hydrogen-bond acceptors (Lipinski definition) is 4. The Morgan fingerprint density at radius 1 is 1.06 bits per heavy atom. The van der Waals surface area contributed by atoms with E-state index in [1.165, 1.54) is 0 Å². The molecule has 0 aliphatic heterocycles. The van der Waals surface area contributed by atoms with E-state index < -0.39 is 0 Å². The van der Waals surface area contributed by atoms with E-state index in [0.717, 1.165) is 19.0 Å². The van der Waals surface area contributed by atoms with Crippen LogP contribution in [0.15, 0.2) is 0 Å². The van der Waals surface area contributed by atoms with Crippen molar-refractivity contribution in [1.29, 1.82) is 0 Å².